The Morgan fingerprint density at radius 2 is 1.88 bits per heavy atom. The van der Waals surface area contributed by atoms with E-state index in [0.29, 0.717) is 24.5 Å². The number of methoxy groups -OCH3 is 1. The van der Waals surface area contributed by atoms with Crippen molar-refractivity contribution < 1.29 is 23.9 Å². The number of β-lactam (4-membered cyclic amide) rings is 1. The van der Waals surface area contributed by atoms with Gasteiger partial charge in [0.25, 0.3) is 5.91 Å². The van der Waals surface area contributed by atoms with Gasteiger partial charge in [-0.2, -0.15) is 0 Å². The SMILES string of the molecule is COc1ccc(N2C(=O)[C@@H](NC(C)=O)[C@H]2C=CC(=O)C2CCCO2)cc1.c1cc2cc-2c1. The van der Waals surface area contributed by atoms with Gasteiger partial charge in [-0.15, -0.1) is 0 Å². The molecule has 2 aliphatic heterocycles. The van der Waals surface area contributed by atoms with Crippen molar-refractivity contribution in [3.05, 3.63) is 60.7 Å². The van der Waals surface area contributed by atoms with E-state index >= 15 is 0 Å². The highest BCUT2D eigenvalue weighted by Crippen LogP contribution is 2.33. The molecule has 0 saturated carbocycles. The van der Waals surface area contributed by atoms with Crippen molar-refractivity contribution in [3.8, 4) is 16.9 Å². The van der Waals surface area contributed by atoms with E-state index in [1.807, 2.05) is 0 Å². The molecule has 2 saturated heterocycles. The van der Waals surface area contributed by atoms with E-state index in [1.54, 1.807) is 42.4 Å². The van der Waals surface area contributed by atoms with Crippen LogP contribution in [0.3, 0.4) is 0 Å². The Kier molecular flexibility index (Phi) is 6.37. The van der Waals surface area contributed by atoms with Crippen molar-refractivity contribution in [2.75, 3.05) is 18.6 Å². The molecule has 32 heavy (non-hydrogen) atoms. The van der Waals surface area contributed by atoms with Crippen LogP contribution in [0.1, 0.15) is 19.8 Å². The fourth-order valence-corrected chi connectivity index (χ4v) is 3.89. The Labute approximate surface area is 187 Å². The molecule has 4 aliphatic rings. The van der Waals surface area contributed by atoms with Gasteiger partial charge in [0.15, 0.2) is 5.78 Å². The van der Waals surface area contributed by atoms with E-state index in [2.05, 4.69) is 29.6 Å². The summed E-state index contributed by atoms with van der Waals surface area (Å²) in [4.78, 5) is 37.7. The van der Waals surface area contributed by atoms with E-state index in [-0.39, 0.29) is 17.6 Å². The van der Waals surface area contributed by atoms with Crippen molar-refractivity contribution >= 4 is 23.3 Å². The van der Waals surface area contributed by atoms with Crippen LogP contribution in [-0.2, 0) is 19.1 Å². The normalized spacial score (nSPS) is 22.6. The summed E-state index contributed by atoms with van der Waals surface area (Å²) < 4.78 is 10.5. The maximum absolute atomic E-state index is 12.5. The van der Waals surface area contributed by atoms with Crippen LogP contribution in [0.4, 0.5) is 5.69 Å². The molecule has 2 fully saturated rings. The second-order valence-corrected chi connectivity index (χ2v) is 7.92. The monoisotopic (exact) mass is 434 g/mol. The van der Waals surface area contributed by atoms with Gasteiger partial charge in [0.1, 0.15) is 17.9 Å². The molecular formula is C25H26N2O5. The fraction of sp³-hybridized carbons (Fsp3) is 0.320. The summed E-state index contributed by atoms with van der Waals surface area (Å²) in [6.45, 7) is 1.96. The van der Waals surface area contributed by atoms with Crippen LogP contribution >= 0.6 is 0 Å². The minimum atomic E-state index is -0.678. The van der Waals surface area contributed by atoms with Crippen LogP contribution in [0.2, 0.25) is 0 Å². The number of benzene rings is 2. The molecule has 3 atom stereocenters. The minimum Gasteiger partial charge on any atom is -0.497 e. The summed E-state index contributed by atoms with van der Waals surface area (Å²) in [7, 11) is 1.57. The molecule has 5 rings (SSSR count). The lowest BCUT2D eigenvalue weighted by atomic mass is 9.92. The highest BCUT2D eigenvalue weighted by Gasteiger charge is 2.47. The Morgan fingerprint density at radius 3 is 2.38 bits per heavy atom. The summed E-state index contributed by atoms with van der Waals surface area (Å²) in [5, 5.41) is 2.65. The van der Waals surface area contributed by atoms with Gasteiger partial charge >= 0.3 is 0 Å². The fourth-order valence-electron chi connectivity index (χ4n) is 3.89. The van der Waals surface area contributed by atoms with Crippen LogP contribution in [0.25, 0.3) is 11.1 Å². The number of fused-ring (bicyclic) bond motifs is 1. The number of ether oxygens (including phenoxy) is 2. The first kappa shape index (κ1) is 21.8. The molecule has 0 bridgehead atoms. The molecule has 0 radical (unpaired) electrons. The van der Waals surface area contributed by atoms with Crippen molar-refractivity contribution in [3.63, 3.8) is 0 Å². The summed E-state index contributed by atoms with van der Waals surface area (Å²) in [5.74, 6) is 0.0602. The highest BCUT2D eigenvalue weighted by atomic mass is 16.5. The Balaban J connectivity index is 0.000000346. The van der Waals surface area contributed by atoms with Gasteiger partial charge in [0.2, 0.25) is 5.91 Å². The molecule has 0 aromatic heterocycles. The number of amides is 2. The third-order valence-electron chi connectivity index (χ3n) is 5.67. The van der Waals surface area contributed by atoms with Gasteiger partial charge in [0, 0.05) is 19.2 Å². The molecule has 2 amide bonds. The molecule has 1 N–H and O–H groups in total. The lowest BCUT2D eigenvalue weighted by Crippen LogP contribution is -2.70. The van der Waals surface area contributed by atoms with Gasteiger partial charge in [-0.3, -0.25) is 14.4 Å². The van der Waals surface area contributed by atoms with Crippen molar-refractivity contribution in [1.82, 2.24) is 5.32 Å². The van der Waals surface area contributed by atoms with Crippen LogP contribution in [0.5, 0.6) is 5.75 Å². The second-order valence-electron chi connectivity index (χ2n) is 7.92. The van der Waals surface area contributed by atoms with Crippen LogP contribution < -0.4 is 15.0 Å². The zero-order chi connectivity index (χ0) is 22.7. The quantitative estimate of drug-likeness (QED) is 0.476. The standard InChI is InChI=1S/C19H22N2O5.C6H4/c1-12(22)20-18-15(9-10-16(23)17-4-3-11-26-17)21(19(18)24)13-5-7-14(25-2)8-6-13;1-2-5-4-6(5)3-1/h5-10,15,17-18H,3-4,11H2,1-2H3,(H,20,22);1-4H/t15-,17?,18+;/m1./s1. The summed E-state index contributed by atoms with van der Waals surface area (Å²) in [5.41, 5.74) is 3.53. The number of nitrogens with one attached hydrogen (secondary N) is 1. The highest BCUT2D eigenvalue weighted by molar-refractivity contribution is 6.08. The van der Waals surface area contributed by atoms with E-state index in [4.69, 9.17) is 9.47 Å². The molecule has 2 heterocycles. The first-order chi connectivity index (χ1) is 15.5. The van der Waals surface area contributed by atoms with E-state index in [1.165, 1.54) is 24.1 Å². The third kappa shape index (κ3) is 4.73. The topological polar surface area (TPSA) is 84.9 Å². The van der Waals surface area contributed by atoms with Crippen LogP contribution in [0.15, 0.2) is 60.7 Å². The largest absolute Gasteiger partial charge is 0.497 e. The molecule has 166 valence electrons. The lowest BCUT2D eigenvalue weighted by Gasteiger charge is -2.45. The number of anilines is 1. The molecule has 1 aromatic rings. The first-order valence-electron chi connectivity index (χ1n) is 10.7. The molecule has 7 nitrogen and oxygen atoms in total. The molecule has 0 spiro atoms. The number of ketones is 1. The van der Waals surface area contributed by atoms with E-state index in [0.717, 1.165) is 6.42 Å². The van der Waals surface area contributed by atoms with Gasteiger partial charge in [0.05, 0.1) is 13.2 Å². The number of rotatable bonds is 6. The Morgan fingerprint density at radius 1 is 1.16 bits per heavy atom. The lowest BCUT2D eigenvalue weighted by molar-refractivity contribution is -0.131. The van der Waals surface area contributed by atoms with Crippen molar-refractivity contribution in [2.45, 2.75) is 38.0 Å². The summed E-state index contributed by atoms with van der Waals surface area (Å²) >= 11 is 0. The minimum absolute atomic E-state index is 0.113. The second kappa shape index (κ2) is 9.36. The molecule has 2 aliphatic carbocycles. The van der Waals surface area contributed by atoms with Crippen LogP contribution in [-0.4, -0.2) is 49.5 Å². The maximum Gasteiger partial charge on any atom is 0.252 e. The molecule has 1 unspecified atom stereocenters. The smallest absolute Gasteiger partial charge is 0.252 e. The van der Waals surface area contributed by atoms with Crippen molar-refractivity contribution in [1.29, 1.82) is 0 Å². The first-order valence-corrected chi connectivity index (χ1v) is 10.7. The zero-order valence-electron chi connectivity index (χ0n) is 18.1. The molecule has 1 aromatic carbocycles. The maximum atomic E-state index is 12.5. The number of hydrogen-bond acceptors (Lipinski definition) is 5. The third-order valence-corrected chi connectivity index (χ3v) is 5.67. The van der Waals surface area contributed by atoms with Crippen molar-refractivity contribution in [2.24, 2.45) is 0 Å². The Bertz CT molecular complexity index is 1020. The van der Waals surface area contributed by atoms with E-state index in [9.17, 15) is 14.4 Å². The number of nitrogens with zero attached hydrogens (tertiary/aromatic N) is 1. The average Bonchev–Trinajstić information content (AvgIpc) is 3.18. The van der Waals surface area contributed by atoms with Crippen LogP contribution in [0, 0.1) is 0 Å². The average molecular weight is 434 g/mol. The predicted octanol–water partition coefficient (Wildman–Crippen LogP) is 2.89. The zero-order valence-corrected chi connectivity index (χ0v) is 18.1. The number of hydrogen-bond donors (Lipinski definition) is 1. The van der Waals surface area contributed by atoms with Gasteiger partial charge in [-0.1, -0.05) is 24.3 Å². The van der Waals surface area contributed by atoms with Gasteiger partial charge < -0.3 is 19.7 Å². The predicted molar refractivity (Wildman–Crippen MR) is 120 cm³/mol. The number of carbonyl (C=O) groups is 3. The van der Waals surface area contributed by atoms with E-state index < -0.39 is 18.2 Å². The molecule has 7 heteroatoms. The van der Waals surface area contributed by atoms with Gasteiger partial charge in [-0.05, 0) is 60.4 Å². The van der Waals surface area contributed by atoms with Gasteiger partial charge in [-0.25, -0.2) is 0 Å². The molecular weight excluding hydrogens is 408 g/mol. The summed E-state index contributed by atoms with van der Waals surface area (Å²) in [6, 6.07) is 14.4. The Hall–Kier alpha value is -3.45. The number of carbonyl (C=O) groups excluding carboxylic acids is 3. The summed E-state index contributed by atoms with van der Waals surface area (Å²) in [6.07, 6.45) is 4.30.